The van der Waals surface area contributed by atoms with Crippen LogP contribution in [-0.4, -0.2) is 6.04 Å². The topological polar surface area (TPSA) is 12.0 Å². The van der Waals surface area contributed by atoms with Crippen LogP contribution in [0.2, 0.25) is 0 Å². The van der Waals surface area contributed by atoms with E-state index in [9.17, 15) is 0 Å². The molecule has 1 fully saturated rings. The minimum absolute atomic E-state index is 0.651. The molecule has 1 heteroatoms. The molecule has 2 atom stereocenters. The molecular weight excluding hydrogens is 254 g/mol. The number of benzene rings is 2. The van der Waals surface area contributed by atoms with Crippen molar-refractivity contribution in [3.63, 3.8) is 0 Å². The van der Waals surface area contributed by atoms with Crippen LogP contribution in [0, 0.1) is 5.92 Å². The molecular formula is C20H27N. The molecule has 1 aliphatic rings. The zero-order valence-corrected chi connectivity index (χ0v) is 13.1. The highest BCUT2D eigenvalue weighted by Crippen LogP contribution is 2.30. The van der Waals surface area contributed by atoms with Crippen LogP contribution >= 0.6 is 0 Å². The van der Waals surface area contributed by atoms with E-state index in [0.717, 1.165) is 5.92 Å². The van der Waals surface area contributed by atoms with Crippen LogP contribution in [0.25, 0.3) is 10.8 Å². The van der Waals surface area contributed by atoms with Gasteiger partial charge < -0.3 is 5.32 Å². The Bertz CT molecular complexity index is 570. The molecule has 2 aromatic rings. The molecule has 1 nitrogen and oxygen atoms in total. The van der Waals surface area contributed by atoms with Crippen LogP contribution in [0.5, 0.6) is 0 Å². The lowest BCUT2D eigenvalue weighted by Gasteiger charge is -2.19. The second-order valence-electron chi connectivity index (χ2n) is 6.53. The van der Waals surface area contributed by atoms with Gasteiger partial charge in [0, 0.05) is 17.1 Å². The molecule has 21 heavy (non-hydrogen) atoms. The van der Waals surface area contributed by atoms with E-state index in [4.69, 9.17) is 0 Å². The van der Waals surface area contributed by atoms with E-state index >= 15 is 0 Å². The minimum Gasteiger partial charge on any atom is -0.382 e. The molecule has 2 aromatic carbocycles. The first-order chi connectivity index (χ1) is 10.4. The summed E-state index contributed by atoms with van der Waals surface area (Å²) in [6, 6.07) is 15.9. The fourth-order valence-electron chi connectivity index (χ4n) is 3.79. The third-order valence-corrected chi connectivity index (χ3v) is 4.93. The summed E-state index contributed by atoms with van der Waals surface area (Å²) in [6.45, 7) is 2.32. The number of nitrogens with one attached hydrogen (secondary N) is 1. The largest absolute Gasteiger partial charge is 0.382 e. The summed E-state index contributed by atoms with van der Waals surface area (Å²) in [5.74, 6) is 0.967. The van der Waals surface area contributed by atoms with E-state index in [1.165, 1.54) is 61.4 Å². The Hall–Kier alpha value is -1.50. The van der Waals surface area contributed by atoms with Crippen LogP contribution in [0.1, 0.15) is 51.9 Å². The molecule has 112 valence electrons. The Morgan fingerprint density at radius 2 is 1.81 bits per heavy atom. The molecule has 1 saturated carbocycles. The van der Waals surface area contributed by atoms with Crippen molar-refractivity contribution in [3.8, 4) is 0 Å². The van der Waals surface area contributed by atoms with Gasteiger partial charge in [-0.2, -0.15) is 0 Å². The van der Waals surface area contributed by atoms with Gasteiger partial charge >= 0.3 is 0 Å². The van der Waals surface area contributed by atoms with Gasteiger partial charge in [-0.1, -0.05) is 69.0 Å². The van der Waals surface area contributed by atoms with E-state index in [2.05, 4.69) is 54.7 Å². The maximum Gasteiger partial charge on any atom is 0.0422 e. The first-order valence-electron chi connectivity index (χ1n) is 8.61. The number of hydrogen-bond acceptors (Lipinski definition) is 1. The van der Waals surface area contributed by atoms with E-state index in [-0.39, 0.29) is 0 Å². The Balaban J connectivity index is 1.70. The van der Waals surface area contributed by atoms with Crippen LogP contribution in [0.15, 0.2) is 42.5 Å². The van der Waals surface area contributed by atoms with Gasteiger partial charge in [0.15, 0.2) is 0 Å². The SMILES string of the molecule is CCCC1CCCC(Nc2cccc3ccccc23)CC1. The number of anilines is 1. The van der Waals surface area contributed by atoms with E-state index in [1.807, 2.05) is 0 Å². The zero-order valence-electron chi connectivity index (χ0n) is 13.1. The highest BCUT2D eigenvalue weighted by Gasteiger charge is 2.18. The molecule has 0 saturated heterocycles. The summed E-state index contributed by atoms with van der Waals surface area (Å²) >= 11 is 0. The molecule has 0 aromatic heterocycles. The number of fused-ring (bicyclic) bond motifs is 1. The molecule has 1 aliphatic carbocycles. The van der Waals surface area contributed by atoms with Gasteiger partial charge in [0.2, 0.25) is 0 Å². The van der Waals surface area contributed by atoms with Crippen molar-refractivity contribution < 1.29 is 0 Å². The standard InChI is InChI=1S/C20H27N/c1-2-7-16-8-5-11-18(15-14-16)21-20-13-6-10-17-9-3-4-12-19(17)20/h3-4,6,9-10,12-13,16,18,21H,2,5,7-8,11,14-15H2,1H3. The molecule has 3 rings (SSSR count). The number of hydrogen-bond donors (Lipinski definition) is 1. The molecule has 2 unspecified atom stereocenters. The normalized spacial score (nSPS) is 22.9. The lowest BCUT2D eigenvalue weighted by atomic mass is 9.95. The maximum absolute atomic E-state index is 3.83. The summed E-state index contributed by atoms with van der Waals surface area (Å²) in [5.41, 5.74) is 1.31. The smallest absolute Gasteiger partial charge is 0.0422 e. The van der Waals surface area contributed by atoms with Gasteiger partial charge in [-0.25, -0.2) is 0 Å². The summed E-state index contributed by atoms with van der Waals surface area (Å²) in [7, 11) is 0. The fraction of sp³-hybridized carbons (Fsp3) is 0.500. The van der Waals surface area contributed by atoms with E-state index < -0.39 is 0 Å². The third-order valence-electron chi connectivity index (χ3n) is 4.93. The van der Waals surface area contributed by atoms with E-state index in [1.54, 1.807) is 0 Å². The first kappa shape index (κ1) is 14.4. The summed E-state index contributed by atoms with van der Waals surface area (Å²) in [4.78, 5) is 0. The van der Waals surface area contributed by atoms with Gasteiger partial charge in [-0.3, -0.25) is 0 Å². The molecule has 0 bridgehead atoms. The lowest BCUT2D eigenvalue weighted by Crippen LogP contribution is -2.18. The van der Waals surface area contributed by atoms with Gasteiger partial charge in [-0.15, -0.1) is 0 Å². The minimum atomic E-state index is 0.651. The average molecular weight is 281 g/mol. The summed E-state index contributed by atoms with van der Waals surface area (Å²) in [5, 5.41) is 6.52. The van der Waals surface area contributed by atoms with Crippen LogP contribution < -0.4 is 5.32 Å². The molecule has 1 N–H and O–H groups in total. The third kappa shape index (κ3) is 3.58. The highest BCUT2D eigenvalue weighted by atomic mass is 14.9. The van der Waals surface area contributed by atoms with Gasteiger partial charge in [-0.05, 0) is 36.6 Å². The highest BCUT2D eigenvalue weighted by molar-refractivity contribution is 5.93. The van der Waals surface area contributed by atoms with Crippen LogP contribution in [0.4, 0.5) is 5.69 Å². The van der Waals surface area contributed by atoms with Gasteiger partial charge in [0.25, 0.3) is 0 Å². The summed E-state index contributed by atoms with van der Waals surface area (Å²) in [6.07, 6.45) is 9.62. The molecule has 0 heterocycles. The zero-order chi connectivity index (χ0) is 14.5. The van der Waals surface area contributed by atoms with Crippen molar-refractivity contribution in [2.45, 2.75) is 57.9 Å². The average Bonchev–Trinajstić information content (AvgIpc) is 2.74. The quantitative estimate of drug-likeness (QED) is 0.678. The second-order valence-corrected chi connectivity index (χ2v) is 6.53. The predicted octanol–water partition coefficient (Wildman–Crippen LogP) is 6.00. The van der Waals surface area contributed by atoms with Crippen molar-refractivity contribution in [1.82, 2.24) is 0 Å². The summed E-state index contributed by atoms with van der Waals surface area (Å²) < 4.78 is 0. The van der Waals surface area contributed by atoms with Gasteiger partial charge in [0.05, 0.1) is 0 Å². The van der Waals surface area contributed by atoms with Crippen LogP contribution in [-0.2, 0) is 0 Å². The number of rotatable bonds is 4. The monoisotopic (exact) mass is 281 g/mol. The predicted molar refractivity (Wildman–Crippen MR) is 92.8 cm³/mol. The van der Waals surface area contributed by atoms with Gasteiger partial charge in [0.1, 0.15) is 0 Å². The molecule has 0 spiro atoms. The van der Waals surface area contributed by atoms with Crippen molar-refractivity contribution in [1.29, 1.82) is 0 Å². The Morgan fingerprint density at radius 1 is 0.952 bits per heavy atom. The maximum atomic E-state index is 3.83. The Kier molecular flexibility index (Phi) is 4.80. The lowest BCUT2D eigenvalue weighted by molar-refractivity contribution is 0.422. The Labute approximate surface area is 128 Å². The Morgan fingerprint density at radius 3 is 2.71 bits per heavy atom. The van der Waals surface area contributed by atoms with Crippen molar-refractivity contribution in [3.05, 3.63) is 42.5 Å². The molecule has 0 radical (unpaired) electrons. The molecule has 0 amide bonds. The fourth-order valence-corrected chi connectivity index (χ4v) is 3.79. The second kappa shape index (κ2) is 6.98. The van der Waals surface area contributed by atoms with Crippen molar-refractivity contribution in [2.75, 3.05) is 5.32 Å². The first-order valence-corrected chi connectivity index (χ1v) is 8.61. The molecule has 0 aliphatic heterocycles. The van der Waals surface area contributed by atoms with Crippen molar-refractivity contribution in [2.24, 2.45) is 5.92 Å². The van der Waals surface area contributed by atoms with E-state index in [0.29, 0.717) is 6.04 Å². The van der Waals surface area contributed by atoms with Crippen molar-refractivity contribution >= 4 is 16.5 Å². The van der Waals surface area contributed by atoms with Crippen LogP contribution in [0.3, 0.4) is 0 Å².